The van der Waals surface area contributed by atoms with Gasteiger partial charge in [0.1, 0.15) is 0 Å². The van der Waals surface area contributed by atoms with Crippen LogP contribution in [0.25, 0.3) is 0 Å². The van der Waals surface area contributed by atoms with Crippen LogP contribution < -0.4 is 10.6 Å². The Morgan fingerprint density at radius 1 is 1.07 bits per heavy atom. The normalized spacial score (nSPS) is 23.2. The van der Waals surface area contributed by atoms with Gasteiger partial charge in [-0.2, -0.15) is 0 Å². The lowest BCUT2D eigenvalue weighted by molar-refractivity contribution is -0.114. The fourth-order valence-electron chi connectivity index (χ4n) is 4.08. The van der Waals surface area contributed by atoms with E-state index in [0.29, 0.717) is 5.56 Å². The van der Waals surface area contributed by atoms with Crippen LogP contribution in [0.2, 0.25) is 0 Å². The van der Waals surface area contributed by atoms with Crippen molar-refractivity contribution in [3.05, 3.63) is 54.1 Å². The summed E-state index contributed by atoms with van der Waals surface area (Å²) in [4.78, 5) is 28.3. The smallest absolute Gasteiger partial charge is 0.251 e. The molecule has 0 aliphatic carbocycles. The standard InChI is InChI=1S/C22H25N3O2S/c1-15(26)23-18-3-2-4-21(12-18)28-20-7-5-17(6-8-20)22(27)24-19-11-16-9-10-25(13-16)14-19/h2-8,12,16,19H,9-11,13-14H2,1H3,(H,23,26)(H,24,27). The van der Waals surface area contributed by atoms with E-state index < -0.39 is 0 Å². The minimum atomic E-state index is -0.0831. The third kappa shape index (κ3) is 4.75. The Balaban J connectivity index is 1.36. The van der Waals surface area contributed by atoms with E-state index in [2.05, 4.69) is 15.5 Å². The lowest BCUT2D eigenvalue weighted by Gasteiger charge is -2.30. The van der Waals surface area contributed by atoms with Crippen LogP contribution in [0.3, 0.4) is 0 Å². The van der Waals surface area contributed by atoms with Gasteiger partial charge in [-0.15, -0.1) is 0 Å². The molecule has 0 spiro atoms. The van der Waals surface area contributed by atoms with Gasteiger partial charge in [0.05, 0.1) is 0 Å². The number of amides is 2. The minimum Gasteiger partial charge on any atom is -0.348 e. The number of rotatable bonds is 5. The van der Waals surface area contributed by atoms with E-state index in [-0.39, 0.29) is 17.9 Å². The number of carbonyl (C=O) groups excluding carboxylic acids is 2. The molecule has 0 radical (unpaired) electrons. The largest absolute Gasteiger partial charge is 0.348 e. The van der Waals surface area contributed by atoms with Gasteiger partial charge in [-0.05, 0) is 67.8 Å². The van der Waals surface area contributed by atoms with E-state index in [1.165, 1.54) is 26.4 Å². The molecule has 2 bridgehead atoms. The van der Waals surface area contributed by atoms with Crippen molar-refractivity contribution in [2.24, 2.45) is 5.92 Å². The van der Waals surface area contributed by atoms with Crippen LogP contribution in [0.15, 0.2) is 58.3 Å². The number of fused-ring (bicyclic) bond motifs is 2. The maximum absolute atomic E-state index is 12.6. The van der Waals surface area contributed by atoms with Crippen molar-refractivity contribution in [1.82, 2.24) is 10.2 Å². The topological polar surface area (TPSA) is 61.4 Å². The van der Waals surface area contributed by atoms with Gasteiger partial charge >= 0.3 is 0 Å². The van der Waals surface area contributed by atoms with Gasteiger partial charge in [0.15, 0.2) is 0 Å². The van der Waals surface area contributed by atoms with Gasteiger partial charge in [-0.3, -0.25) is 9.59 Å². The third-order valence-corrected chi connectivity index (χ3v) is 6.31. The number of carbonyl (C=O) groups is 2. The summed E-state index contributed by atoms with van der Waals surface area (Å²) in [5.41, 5.74) is 1.48. The molecule has 2 N–H and O–H groups in total. The van der Waals surface area contributed by atoms with E-state index in [1.54, 1.807) is 11.8 Å². The maximum atomic E-state index is 12.6. The molecule has 2 aromatic carbocycles. The average Bonchev–Trinajstić information content (AvgIpc) is 3.00. The summed E-state index contributed by atoms with van der Waals surface area (Å²) in [5.74, 6) is 0.670. The van der Waals surface area contributed by atoms with Gasteiger partial charge in [-0.25, -0.2) is 0 Å². The first-order valence-electron chi connectivity index (χ1n) is 9.74. The predicted molar refractivity (Wildman–Crippen MR) is 112 cm³/mol. The van der Waals surface area contributed by atoms with E-state index >= 15 is 0 Å². The van der Waals surface area contributed by atoms with E-state index in [4.69, 9.17) is 0 Å². The van der Waals surface area contributed by atoms with E-state index in [9.17, 15) is 9.59 Å². The molecule has 5 nitrogen and oxygen atoms in total. The molecule has 4 rings (SSSR count). The fraction of sp³-hybridized carbons (Fsp3) is 0.364. The van der Waals surface area contributed by atoms with Crippen LogP contribution in [-0.4, -0.2) is 42.4 Å². The number of nitrogens with one attached hydrogen (secondary N) is 2. The first kappa shape index (κ1) is 19.0. The summed E-state index contributed by atoms with van der Waals surface area (Å²) < 4.78 is 0. The molecule has 6 heteroatoms. The Kier molecular flexibility index (Phi) is 5.69. The monoisotopic (exact) mass is 395 g/mol. The molecular formula is C22H25N3O2S. The zero-order valence-electron chi connectivity index (χ0n) is 16.0. The number of hydrogen-bond acceptors (Lipinski definition) is 4. The summed E-state index contributed by atoms with van der Waals surface area (Å²) >= 11 is 1.60. The molecule has 2 aromatic rings. The van der Waals surface area contributed by atoms with Crippen LogP contribution in [0.1, 0.15) is 30.1 Å². The van der Waals surface area contributed by atoms with Gasteiger partial charge in [-0.1, -0.05) is 17.8 Å². The molecular weight excluding hydrogens is 370 g/mol. The van der Waals surface area contributed by atoms with E-state index in [1.807, 2.05) is 48.5 Å². The second-order valence-electron chi connectivity index (χ2n) is 7.66. The van der Waals surface area contributed by atoms with Crippen molar-refractivity contribution in [2.45, 2.75) is 35.6 Å². The molecule has 2 fully saturated rings. The quantitative estimate of drug-likeness (QED) is 0.812. The Labute approximate surface area is 169 Å². The highest BCUT2D eigenvalue weighted by molar-refractivity contribution is 7.99. The number of benzene rings is 2. The molecule has 3 atom stereocenters. The number of anilines is 1. The Hall–Kier alpha value is -2.31. The second-order valence-corrected chi connectivity index (χ2v) is 8.80. The SMILES string of the molecule is CC(=O)Nc1cccc(Sc2ccc(C(=O)NC3CC4CCN(C4)C3)cc2)c1. The van der Waals surface area contributed by atoms with Crippen molar-refractivity contribution in [3.63, 3.8) is 0 Å². The van der Waals surface area contributed by atoms with Crippen LogP contribution in [0.5, 0.6) is 0 Å². The molecule has 0 saturated carbocycles. The number of nitrogens with zero attached hydrogens (tertiary/aromatic N) is 1. The lowest BCUT2D eigenvalue weighted by Crippen LogP contribution is -2.47. The Bertz CT molecular complexity index is 856. The minimum absolute atomic E-state index is 0.0108. The Morgan fingerprint density at radius 2 is 1.89 bits per heavy atom. The summed E-state index contributed by atoms with van der Waals surface area (Å²) in [6, 6.07) is 15.7. The molecule has 2 amide bonds. The highest BCUT2D eigenvalue weighted by Crippen LogP contribution is 2.30. The van der Waals surface area contributed by atoms with Gasteiger partial charge in [0, 0.05) is 47.1 Å². The summed E-state index contributed by atoms with van der Waals surface area (Å²) in [6.07, 6.45) is 2.36. The summed E-state index contributed by atoms with van der Waals surface area (Å²) in [7, 11) is 0. The highest BCUT2D eigenvalue weighted by Gasteiger charge is 2.32. The molecule has 3 unspecified atom stereocenters. The highest BCUT2D eigenvalue weighted by atomic mass is 32.2. The maximum Gasteiger partial charge on any atom is 0.251 e. The molecule has 2 heterocycles. The van der Waals surface area contributed by atoms with Gasteiger partial charge in [0.2, 0.25) is 5.91 Å². The van der Waals surface area contributed by atoms with Crippen molar-refractivity contribution in [2.75, 3.05) is 25.0 Å². The molecule has 2 aliphatic heterocycles. The molecule has 0 aromatic heterocycles. The van der Waals surface area contributed by atoms with Crippen molar-refractivity contribution in [1.29, 1.82) is 0 Å². The first-order chi connectivity index (χ1) is 13.5. The predicted octanol–water partition coefficient (Wildman–Crippen LogP) is 3.62. The average molecular weight is 396 g/mol. The van der Waals surface area contributed by atoms with E-state index in [0.717, 1.165) is 34.4 Å². The Morgan fingerprint density at radius 3 is 2.64 bits per heavy atom. The van der Waals surface area contributed by atoms with Crippen molar-refractivity contribution < 1.29 is 9.59 Å². The molecule has 2 saturated heterocycles. The van der Waals surface area contributed by atoms with Crippen LogP contribution in [-0.2, 0) is 4.79 Å². The van der Waals surface area contributed by atoms with Crippen molar-refractivity contribution in [3.8, 4) is 0 Å². The lowest BCUT2D eigenvalue weighted by atomic mass is 9.96. The summed E-state index contributed by atoms with van der Waals surface area (Å²) in [6.45, 7) is 4.84. The molecule has 146 valence electrons. The number of piperidine rings is 1. The third-order valence-electron chi connectivity index (χ3n) is 5.31. The van der Waals surface area contributed by atoms with Crippen LogP contribution in [0.4, 0.5) is 5.69 Å². The number of hydrogen-bond donors (Lipinski definition) is 2. The zero-order chi connectivity index (χ0) is 19.5. The van der Waals surface area contributed by atoms with Gasteiger partial charge in [0.25, 0.3) is 5.91 Å². The fourth-order valence-corrected chi connectivity index (χ4v) is 4.96. The van der Waals surface area contributed by atoms with Crippen LogP contribution in [0, 0.1) is 5.92 Å². The van der Waals surface area contributed by atoms with Crippen LogP contribution >= 0.6 is 11.8 Å². The molecule has 2 aliphatic rings. The second kappa shape index (κ2) is 8.37. The molecule has 28 heavy (non-hydrogen) atoms. The van der Waals surface area contributed by atoms with Gasteiger partial charge < -0.3 is 15.5 Å². The first-order valence-corrected chi connectivity index (χ1v) is 10.6. The summed E-state index contributed by atoms with van der Waals surface area (Å²) in [5, 5.41) is 6.00. The zero-order valence-corrected chi connectivity index (χ0v) is 16.8. The van der Waals surface area contributed by atoms with Crippen molar-refractivity contribution >= 4 is 29.3 Å².